The van der Waals surface area contributed by atoms with Crippen LogP contribution in [0.15, 0.2) is 54.7 Å². The molecule has 0 fully saturated rings. The van der Waals surface area contributed by atoms with Gasteiger partial charge in [-0.15, -0.1) is 0 Å². The predicted molar refractivity (Wildman–Crippen MR) is 111 cm³/mol. The van der Waals surface area contributed by atoms with Crippen molar-refractivity contribution in [2.75, 3.05) is 23.8 Å². The predicted octanol–water partition coefficient (Wildman–Crippen LogP) is 5.18. The van der Waals surface area contributed by atoms with E-state index < -0.39 is 5.82 Å². The molecule has 1 amide bonds. The molecule has 142 valence electrons. The molecule has 0 unspecified atom stereocenters. The van der Waals surface area contributed by atoms with Crippen molar-refractivity contribution in [1.29, 1.82) is 0 Å². The standard InChI is InChI=1S/C22H19ClFN3O/c1-27-11-3-4-14-6-8-16(13-20(14)27)26-22(28)15-7-9-17(19(24)12-15)21-18(23)5-2-10-25-21/h2,5-10,12-13H,3-4,11H2,1H3,(H,26,28). The van der Waals surface area contributed by atoms with Crippen LogP contribution < -0.4 is 10.2 Å². The molecule has 0 radical (unpaired) electrons. The first-order valence-electron chi connectivity index (χ1n) is 9.09. The van der Waals surface area contributed by atoms with Crippen LogP contribution in [0.25, 0.3) is 11.3 Å². The van der Waals surface area contributed by atoms with Gasteiger partial charge in [0.1, 0.15) is 5.82 Å². The van der Waals surface area contributed by atoms with E-state index in [1.54, 1.807) is 24.4 Å². The van der Waals surface area contributed by atoms with E-state index in [2.05, 4.69) is 15.2 Å². The topological polar surface area (TPSA) is 45.2 Å². The fourth-order valence-corrected chi connectivity index (χ4v) is 3.69. The Bertz CT molecular complexity index is 1050. The summed E-state index contributed by atoms with van der Waals surface area (Å²) in [5, 5.41) is 3.21. The number of aryl methyl sites for hydroxylation is 1. The van der Waals surface area contributed by atoms with Crippen LogP contribution in [-0.2, 0) is 6.42 Å². The van der Waals surface area contributed by atoms with Gasteiger partial charge in [-0.2, -0.15) is 0 Å². The van der Waals surface area contributed by atoms with E-state index in [9.17, 15) is 9.18 Å². The summed E-state index contributed by atoms with van der Waals surface area (Å²) < 4.78 is 14.6. The molecule has 1 aliphatic rings. The maximum Gasteiger partial charge on any atom is 0.255 e. The molecule has 0 atom stereocenters. The van der Waals surface area contributed by atoms with Crippen LogP contribution in [0, 0.1) is 5.82 Å². The average Bonchev–Trinajstić information content (AvgIpc) is 2.69. The summed E-state index contributed by atoms with van der Waals surface area (Å²) >= 11 is 6.10. The quantitative estimate of drug-likeness (QED) is 0.665. The van der Waals surface area contributed by atoms with E-state index in [-0.39, 0.29) is 17.0 Å². The zero-order chi connectivity index (χ0) is 19.7. The lowest BCUT2D eigenvalue weighted by molar-refractivity contribution is 0.102. The fraction of sp³-hybridized carbons (Fsp3) is 0.182. The van der Waals surface area contributed by atoms with Gasteiger partial charge in [0, 0.05) is 42.3 Å². The molecule has 0 saturated carbocycles. The highest BCUT2D eigenvalue weighted by Gasteiger charge is 2.16. The minimum Gasteiger partial charge on any atom is -0.374 e. The summed E-state index contributed by atoms with van der Waals surface area (Å²) in [6.07, 6.45) is 3.71. The van der Waals surface area contributed by atoms with Gasteiger partial charge in [0.05, 0.1) is 10.7 Å². The summed E-state index contributed by atoms with van der Waals surface area (Å²) in [4.78, 5) is 18.9. The number of nitrogens with one attached hydrogen (secondary N) is 1. The first-order valence-corrected chi connectivity index (χ1v) is 9.46. The van der Waals surface area contributed by atoms with Crippen molar-refractivity contribution in [3.05, 3.63) is 76.7 Å². The van der Waals surface area contributed by atoms with Crippen LogP contribution in [0.5, 0.6) is 0 Å². The molecule has 0 bridgehead atoms. The number of hydrogen-bond acceptors (Lipinski definition) is 3. The van der Waals surface area contributed by atoms with E-state index in [4.69, 9.17) is 11.6 Å². The number of halogens is 2. The third-order valence-corrected chi connectivity index (χ3v) is 5.24. The van der Waals surface area contributed by atoms with Crippen molar-refractivity contribution in [3.63, 3.8) is 0 Å². The summed E-state index contributed by atoms with van der Waals surface area (Å²) in [6, 6.07) is 13.5. The Hall–Kier alpha value is -2.92. The lowest BCUT2D eigenvalue weighted by Crippen LogP contribution is -2.24. The third kappa shape index (κ3) is 3.58. The molecule has 28 heavy (non-hydrogen) atoms. The second-order valence-corrected chi connectivity index (χ2v) is 7.26. The van der Waals surface area contributed by atoms with Gasteiger partial charge in [0.25, 0.3) is 5.91 Å². The second kappa shape index (κ2) is 7.60. The number of rotatable bonds is 3. The smallest absolute Gasteiger partial charge is 0.255 e. The van der Waals surface area contributed by atoms with Crippen molar-refractivity contribution in [2.45, 2.75) is 12.8 Å². The Morgan fingerprint density at radius 3 is 2.86 bits per heavy atom. The maximum absolute atomic E-state index is 14.6. The van der Waals surface area contributed by atoms with Crippen LogP contribution in [0.3, 0.4) is 0 Å². The minimum atomic E-state index is -0.543. The van der Waals surface area contributed by atoms with Gasteiger partial charge in [-0.3, -0.25) is 9.78 Å². The number of fused-ring (bicyclic) bond motifs is 1. The lowest BCUT2D eigenvalue weighted by atomic mass is 10.0. The highest BCUT2D eigenvalue weighted by atomic mass is 35.5. The molecule has 4 rings (SSSR count). The number of pyridine rings is 1. The van der Waals surface area contributed by atoms with E-state index in [0.717, 1.165) is 25.1 Å². The van der Waals surface area contributed by atoms with Crippen LogP contribution >= 0.6 is 11.6 Å². The highest BCUT2D eigenvalue weighted by molar-refractivity contribution is 6.33. The number of amides is 1. The minimum absolute atomic E-state index is 0.236. The zero-order valence-corrected chi connectivity index (χ0v) is 16.1. The molecule has 1 aliphatic heterocycles. The molecular formula is C22H19ClFN3O. The Morgan fingerprint density at radius 2 is 2.07 bits per heavy atom. The first kappa shape index (κ1) is 18.4. The number of aromatic nitrogens is 1. The maximum atomic E-state index is 14.6. The van der Waals surface area contributed by atoms with Crippen LogP contribution in [0.1, 0.15) is 22.3 Å². The van der Waals surface area contributed by atoms with Crippen molar-refractivity contribution in [3.8, 4) is 11.3 Å². The summed E-state index contributed by atoms with van der Waals surface area (Å²) in [5.74, 6) is -0.908. The fourth-order valence-electron chi connectivity index (χ4n) is 3.47. The Morgan fingerprint density at radius 1 is 1.21 bits per heavy atom. The van der Waals surface area contributed by atoms with Gasteiger partial charge >= 0.3 is 0 Å². The monoisotopic (exact) mass is 395 g/mol. The van der Waals surface area contributed by atoms with Gasteiger partial charge < -0.3 is 10.2 Å². The van der Waals surface area contributed by atoms with Gasteiger partial charge in [-0.05, 0) is 60.9 Å². The van der Waals surface area contributed by atoms with Crippen molar-refractivity contribution < 1.29 is 9.18 Å². The Labute approximate surface area is 168 Å². The van der Waals surface area contributed by atoms with E-state index in [0.29, 0.717) is 16.4 Å². The Balaban J connectivity index is 1.57. The van der Waals surface area contributed by atoms with Crippen LogP contribution in [0.4, 0.5) is 15.8 Å². The lowest BCUT2D eigenvalue weighted by Gasteiger charge is -2.28. The highest BCUT2D eigenvalue weighted by Crippen LogP contribution is 2.30. The summed E-state index contributed by atoms with van der Waals surface area (Å²) in [7, 11) is 2.04. The second-order valence-electron chi connectivity index (χ2n) is 6.85. The van der Waals surface area contributed by atoms with E-state index in [1.807, 2.05) is 25.2 Å². The third-order valence-electron chi connectivity index (χ3n) is 4.94. The van der Waals surface area contributed by atoms with Gasteiger partial charge in [-0.25, -0.2) is 4.39 Å². The average molecular weight is 396 g/mol. The molecule has 0 aliphatic carbocycles. The SMILES string of the molecule is CN1CCCc2ccc(NC(=O)c3ccc(-c4ncccc4Cl)c(F)c3)cc21. The van der Waals surface area contributed by atoms with Crippen molar-refractivity contribution in [1.82, 2.24) is 4.98 Å². The molecule has 1 N–H and O–H groups in total. The summed E-state index contributed by atoms with van der Waals surface area (Å²) in [6.45, 7) is 0.993. The molecule has 4 nitrogen and oxygen atoms in total. The zero-order valence-electron chi connectivity index (χ0n) is 15.4. The molecule has 2 heterocycles. The van der Waals surface area contributed by atoms with E-state index in [1.165, 1.54) is 17.7 Å². The molecule has 0 spiro atoms. The molecule has 3 aromatic rings. The normalized spacial score (nSPS) is 13.2. The molecule has 1 aromatic heterocycles. The van der Waals surface area contributed by atoms with E-state index >= 15 is 0 Å². The number of carbonyl (C=O) groups excluding carboxylic acids is 1. The molecule has 0 saturated heterocycles. The first-order chi connectivity index (χ1) is 13.5. The van der Waals surface area contributed by atoms with Gasteiger partial charge in [0.15, 0.2) is 0 Å². The molecular weight excluding hydrogens is 377 g/mol. The van der Waals surface area contributed by atoms with Crippen LogP contribution in [-0.4, -0.2) is 24.5 Å². The van der Waals surface area contributed by atoms with Gasteiger partial charge in [0.2, 0.25) is 0 Å². The largest absolute Gasteiger partial charge is 0.374 e. The number of benzene rings is 2. The van der Waals surface area contributed by atoms with Crippen molar-refractivity contribution in [2.24, 2.45) is 0 Å². The number of carbonyl (C=O) groups is 1. The van der Waals surface area contributed by atoms with Crippen LogP contribution in [0.2, 0.25) is 5.02 Å². The number of nitrogens with zero attached hydrogens (tertiary/aromatic N) is 2. The van der Waals surface area contributed by atoms with Gasteiger partial charge in [-0.1, -0.05) is 17.7 Å². The Kier molecular flexibility index (Phi) is 5.01. The number of anilines is 2. The molecule has 2 aromatic carbocycles. The van der Waals surface area contributed by atoms with Crippen molar-refractivity contribution >= 4 is 28.9 Å². The number of hydrogen-bond donors (Lipinski definition) is 1. The molecule has 6 heteroatoms. The summed E-state index contributed by atoms with van der Waals surface area (Å²) in [5.41, 5.74) is 3.93.